The summed E-state index contributed by atoms with van der Waals surface area (Å²) in [6, 6.07) is 3.31. The van der Waals surface area contributed by atoms with Crippen LogP contribution in [0.5, 0.6) is 5.75 Å². The second-order valence-corrected chi connectivity index (χ2v) is 11.5. The highest BCUT2D eigenvalue weighted by Crippen LogP contribution is 2.53. The molecule has 3 aliphatic rings. The quantitative estimate of drug-likeness (QED) is 0.455. The molecule has 0 radical (unpaired) electrons. The van der Waals surface area contributed by atoms with E-state index >= 15 is 0 Å². The number of halogens is 2. The molecule has 216 valence electrons. The van der Waals surface area contributed by atoms with Gasteiger partial charge in [-0.2, -0.15) is 0 Å². The lowest BCUT2D eigenvalue weighted by molar-refractivity contribution is -0.181. The second-order valence-electron chi connectivity index (χ2n) is 11.5. The van der Waals surface area contributed by atoms with E-state index in [0.717, 1.165) is 12.1 Å². The molecular formula is C29H29F2N3O7. The Morgan fingerprint density at radius 1 is 1.02 bits per heavy atom. The first kappa shape index (κ1) is 28.5. The number of nitrogens with two attached hydrogens (primary N) is 1. The summed E-state index contributed by atoms with van der Waals surface area (Å²) in [7, 11) is 6.40. The van der Waals surface area contributed by atoms with Crippen LogP contribution in [0.2, 0.25) is 0 Å². The van der Waals surface area contributed by atoms with Crippen molar-refractivity contribution in [1.82, 2.24) is 4.90 Å². The number of ketones is 4. The fourth-order valence-electron chi connectivity index (χ4n) is 6.93. The lowest BCUT2D eigenvalue weighted by atomic mass is 9.52. The molecule has 2 aromatic rings. The first-order chi connectivity index (χ1) is 19.1. The molecule has 12 heteroatoms. The van der Waals surface area contributed by atoms with Crippen LogP contribution in [-0.2, 0) is 25.6 Å². The number of aliphatic hydroxyl groups is 1. The van der Waals surface area contributed by atoms with Gasteiger partial charge in [0.15, 0.2) is 46.3 Å². The Kier molecular flexibility index (Phi) is 6.62. The average molecular weight is 570 g/mol. The van der Waals surface area contributed by atoms with E-state index in [0.29, 0.717) is 11.3 Å². The number of amides is 1. The van der Waals surface area contributed by atoms with E-state index in [9.17, 15) is 43.0 Å². The van der Waals surface area contributed by atoms with Gasteiger partial charge < -0.3 is 20.8 Å². The predicted molar refractivity (Wildman–Crippen MR) is 141 cm³/mol. The van der Waals surface area contributed by atoms with Crippen LogP contribution < -0.4 is 10.6 Å². The van der Waals surface area contributed by atoms with Crippen molar-refractivity contribution in [3.8, 4) is 16.9 Å². The molecule has 0 saturated heterocycles. The molecule has 41 heavy (non-hydrogen) atoms. The largest absolute Gasteiger partial charge is 0.507 e. The molecule has 0 spiro atoms. The Morgan fingerprint density at radius 3 is 2.24 bits per heavy atom. The normalized spacial score (nSPS) is 29.2. The smallest absolute Gasteiger partial charge is 0.235 e. The van der Waals surface area contributed by atoms with E-state index in [1.807, 2.05) is 0 Å². The maximum atomic E-state index is 14.1. The van der Waals surface area contributed by atoms with Gasteiger partial charge in [0.1, 0.15) is 5.75 Å². The number of nitrogens with zero attached hydrogens (tertiary/aromatic N) is 2. The number of Topliss-reactive ketones (excluding diaryl/α,β-unsaturated/α-hetero) is 4. The van der Waals surface area contributed by atoms with Crippen LogP contribution in [0.4, 0.5) is 14.5 Å². The number of anilines is 1. The number of phenolic OH excluding ortho intramolecular Hbond substituents is 1. The molecule has 2 aromatic carbocycles. The third-order valence-corrected chi connectivity index (χ3v) is 8.75. The highest BCUT2D eigenvalue weighted by atomic mass is 19.2. The molecule has 4 N–H and O–H groups in total. The lowest BCUT2D eigenvalue weighted by Crippen LogP contribution is -2.74. The summed E-state index contributed by atoms with van der Waals surface area (Å²) in [5.74, 6) is -14.0. The van der Waals surface area contributed by atoms with Gasteiger partial charge >= 0.3 is 0 Å². The van der Waals surface area contributed by atoms with Gasteiger partial charge in [0, 0.05) is 31.3 Å². The Bertz CT molecular complexity index is 1560. The summed E-state index contributed by atoms with van der Waals surface area (Å²) in [4.78, 5) is 69.9. The summed E-state index contributed by atoms with van der Waals surface area (Å²) >= 11 is 0. The Labute approximate surface area is 233 Å². The first-order valence-electron chi connectivity index (χ1n) is 13.0. The molecule has 0 bridgehead atoms. The van der Waals surface area contributed by atoms with Crippen molar-refractivity contribution in [2.75, 3.05) is 33.1 Å². The highest BCUT2D eigenvalue weighted by Gasteiger charge is 2.69. The van der Waals surface area contributed by atoms with Gasteiger partial charge in [0.25, 0.3) is 0 Å². The summed E-state index contributed by atoms with van der Waals surface area (Å²) in [6.07, 6.45) is -0.00653. The third kappa shape index (κ3) is 3.91. The van der Waals surface area contributed by atoms with E-state index in [1.165, 1.54) is 31.1 Å². The summed E-state index contributed by atoms with van der Waals surface area (Å²) in [5.41, 5.74) is 3.23. The zero-order chi connectivity index (χ0) is 30.3. The minimum atomic E-state index is -2.84. The van der Waals surface area contributed by atoms with E-state index in [4.69, 9.17) is 5.73 Å². The maximum absolute atomic E-state index is 14.1. The van der Waals surface area contributed by atoms with Crippen LogP contribution in [0, 0.1) is 35.3 Å². The van der Waals surface area contributed by atoms with Gasteiger partial charge in [0.2, 0.25) is 5.91 Å². The van der Waals surface area contributed by atoms with Crippen molar-refractivity contribution in [3.05, 3.63) is 47.0 Å². The van der Waals surface area contributed by atoms with Crippen LogP contribution in [0.15, 0.2) is 24.3 Å². The number of fused-ring (bicyclic) bond motifs is 3. The van der Waals surface area contributed by atoms with Gasteiger partial charge in [-0.3, -0.25) is 28.9 Å². The molecular weight excluding hydrogens is 540 g/mol. The van der Waals surface area contributed by atoms with Crippen LogP contribution in [0.25, 0.3) is 11.1 Å². The van der Waals surface area contributed by atoms with Crippen molar-refractivity contribution < 1.29 is 43.0 Å². The number of hydrogen-bond acceptors (Lipinski definition) is 9. The maximum Gasteiger partial charge on any atom is 0.235 e. The molecule has 2 unspecified atom stereocenters. The first-order valence-corrected chi connectivity index (χ1v) is 13.0. The monoisotopic (exact) mass is 569 g/mol. The highest BCUT2D eigenvalue weighted by molar-refractivity contribution is 6.32. The Morgan fingerprint density at radius 2 is 1.68 bits per heavy atom. The molecule has 3 aliphatic carbocycles. The summed E-state index contributed by atoms with van der Waals surface area (Å²) in [5, 5.41) is 23.0. The molecule has 0 heterocycles. The molecule has 5 rings (SSSR count). The number of aromatic hydroxyl groups is 1. The lowest BCUT2D eigenvalue weighted by Gasteiger charge is -2.52. The van der Waals surface area contributed by atoms with Crippen LogP contribution in [0.3, 0.4) is 0 Å². The standard InChI is InChI=1S/C29H29F2N3O7/c1-33(2)18-10-13(11-5-6-16(30)17(31)9-11)23(35)20-14(18)7-12-8-15-22(34(3)4)25(37)21(28(32)40)27(39)29(15,41)26(38)19(12)24(20)36/h5-6,9-10,12,15,19,21-22,35,41H,7-8H2,1-4H3,(H2,32,40)/t12-,15-,19?,21?,22-,29-/m0/s1. The topological polar surface area (TPSA) is 158 Å². The van der Waals surface area contributed by atoms with E-state index in [2.05, 4.69) is 0 Å². The number of hydrogen-bond donors (Lipinski definition) is 3. The zero-order valence-corrected chi connectivity index (χ0v) is 22.8. The number of rotatable bonds is 4. The van der Waals surface area contributed by atoms with E-state index < -0.39 is 81.7 Å². The number of primary amides is 1. The summed E-state index contributed by atoms with van der Waals surface area (Å²) in [6.45, 7) is 0. The minimum Gasteiger partial charge on any atom is -0.507 e. The fraction of sp³-hybridized carbons (Fsp3) is 0.414. The number of benzene rings is 2. The van der Waals surface area contributed by atoms with Gasteiger partial charge in [-0.05, 0) is 62.2 Å². The summed E-state index contributed by atoms with van der Waals surface area (Å²) < 4.78 is 27.7. The minimum absolute atomic E-state index is 0.0128. The molecule has 2 fully saturated rings. The second kappa shape index (κ2) is 9.52. The average Bonchev–Trinajstić information content (AvgIpc) is 2.87. The Hall–Kier alpha value is -4.03. The van der Waals surface area contributed by atoms with Crippen molar-refractivity contribution in [2.24, 2.45) is 29.4 Å². The van der Waals surface area contributed by atoms with E-state index in [-0.39, 0.29) is 29.5 Å². The van der Waals surface area contributed by atoms with Crippen LogP contribution in [-0.4, -0.2) is 84.0 Å². The molecule has 10 nitrogen and oxygen atoms in total. The predicted octanol–water partition coefficient (Wildman–Crippen LogP) is 0.878. The van der Waals surface area contributed by atoms with Gasteiger partial charge in [-0.25, -0.2) is 8.78 Å². The molecule has 6 atom stereocenters. The molecule has 2 saturated carbocycles. The SMILES string of the molecule is CN(C)c1cc(-c2ccc(F)c(F)c2)c(O)c2c1C[C@H]1C[C@H]3[C@H](N(C)C)C(=O)C(C(N)=O)C(=O)[C@@]3(O)C(=O)C1C2=O. The molecule has 0 aromatic heterocycles. The van der Waals surface area contributed by atoms with Gasteiger partial charge in [0.05, 0.1) is 17.5 Å². The van der Waals surface area contributed by atoms with Crippen molar-refractivity contribution in [2.45, 2.75) is 24.5 Å². The van der Waals surface area contributed by atoms with E-state index in [1.54, 1.807) is 19.0 Å². The van der Waals surface area contributed by atoms with Gasteiger partial charge in [-0.1, -0.05) is 6.07 Å². The number of likely N-dealkylation sites (N-methyl/N-ethyl adjacent to an activating group) is 1. The van der Waals surface area contributed by atoms with Crippen molar-refractivity contribution in [1.29, 1.82) is 0 Å². The van der Waals surface area contributed by atoms with Crippen molar-refractivity contribution >= 4 is 34.7 Å². The fourth-order valence-corrected chi connectivity index (χ4v) is 6.93. The Balaban J connectivity index is 1.69. The van der Waals surface area contributed by atoms with Crippen LogP contribution in [0.1, 0.15) is 22.3 Å². The van der Waals surface area contributed by atoms with Crippen molar-refractivity contribution in [3.63, 3.8) is 0 Å². The number of carbonyl (C=O) groups is 5. The third-order valence-electron chi connectivity index (χ3n) is 8.75. The molecule has 1 amide bonds. The molecule has 0 aliphatic heterocycles. The van der Waals surface area contributed by atoms with Crippen LogP contribution >= 0.6 is 0 Å². The number of carbonyl (C=O) groups excluding carboxylic acids is 5. The number of phenols is 1. The van der Waals surface area contributed by atoms with Gasteiger partial charge in [-0.15, -0.1) is 0 Å². The zero-order valence-electron chi connectivity index (χ0n) is 22.8.